The van der Waals surface area contributed by atoms with Gasteiger partial charge in [-0.2, -0.15) is 0 Å². The van der Waals surface area contributed by atoms with E-state index in [0.717, 1.165) is 38.8 Å². The van der Waals surface area contributed by atoms with Crippen molar-refractivity contribution in [2.24, 2.45) is 11.3 Å². The average Bonchev–Trinajstić information content (AvgIpc) is 2.60. The van der Waals surface area contributed by atoms with E-state index in [1.165, 1.54) is 6.42 Å². The first kappa shape index (κ1) is 16.1. The second kappa shape index (κ2) is 6.67. The molecule has 120 valence electrons. The largest absolute Gasteiger partial charge is 0.481 e. The molecule has 1 aliphatic heterocycles. The Morgan fingerprint density at radius 1 is 1.10 bits per heavy atom. The van der Waals surface area contributed by atoms with Crippen LogP contribution in [0.4, 0.5) is 4.79 Å². The maximum Gasteiger partial charge on any atom is 0.317 e. The number of rotatable bonds is 2. The van der Waals surface area contributed by atoms with Crippen molar-refractivity contribution >= 4 is 12.0 Å². The monoisotopic (exact) mass is 296 g/mol. The van der Waals surface area contributed by atoms with Crippen LogP contribution in [0.5, 0.6) is 0 Å². The van der Waals surface area contributed by atoms with Crippen LogP contribution < -0.4 is 5.32 Å². The molecule has 2 N–H and O–H groups in total. The van der Waals surface area contributed by atoms with Crippen molar-refractivity contribution in [3.05, 3.63) is 0 Å². The third kappa shape index (κ3) is 4.61. The number of carboxylic acid groups (broad SMARTS) is 1. The van der Waals surface area contributed by atoms with Crippen molar-refractivity contribution in [1.29, 1.82) is 0 Å². The molecule has 21 heavy (non-hydrogen) atoms. The van der Waals surface area contributed by atoms with E-state index in [9.17, 15) is 9.59 Å². The van der Waals surface area contributed by atoms with Gasteiger partial charge in [0.05, 0.1) is 5.92 Å². The molecule has 0 atom stereocenters. The van der Waals surface area contributed by atoms with Crippen LogP contribution in [0.3, 0.4) is 0 Å². The molecule has 5 heteroatoms. The number of hydrogen-bond acceptors (Lipinski definition) is 2. The highest BCUT2D eigenvalue weighted by molar-refractivity contribution is 5.74. The van der Waals surface area contributed by atoms with Gasteiger partial charge in [-0.05, 0) is 50.4 Å². The van der Waals surface area contributed by atoms with Gasteiger partial charge in [-0.25, -0.2) is 4.79 Å². The Bertz CT molecular complexity index is 387. The smallest absolute Gasteiger partial charge is 0.317 e. The molecular formula is C16H28N2O3. The number of carbonyl (C=O) groups excluding carboxylic acids is 1. The zero-order chi connectivity index (χ0) is 15.5. The number of likely N-dealkylation sites (tertiary alicyclic amines) is 1. The molecule has 1 saturated heterocycles. The second-order valence-corrected chi connectivity index (χ2v) is 7.34. The molecule has 0 spiro atoms. The molecule has 0 aromatic carbocycles. The Labute approximate surface area is 127 Å². The number of nitrogens with one attached hydrogen (secondary N) is 1. The summed E-state index contributed by atoms with van der Waals surface area (Å²) >= 11 is 0. The summed E-state index contributed by atoms with van der Waals surface area (Å²) < 4.78 is 0. The van der Waals surface area contributed by atoms with Gasteiger partial charge >= 0.3 is 12.0 Å². The Balaban J connectivity index is 1.78. The van der Waals surface area contributed by atoms with E-state index in [1.54, 1.807) is 0 Å². The number of nitrogens with zero attached hydrogens (tertiary/aromatic N) is 1. The summed E-state index contributed by atoms with van der Waals surface area (Å²) in [5, 5.41) is 12.1. The molecule has 2 fully saturated rings. The van der Waals surface area contributed by atoms with Crippen LogP contribution in [-0.4, -0.2) is 41.1 Å². The molecule has 1 saturated carbocycles. The zero-order valence-corrected chi connectivity index (χ0v) is 13.2. The Kier molecular flexibility index (Phi) is 5.12. The van der Waals surface area contributed by atoms with Gasteiger partial charge in [0.2, 0.25) is 0 Å². The lowest BCUT2D eigenvalue weighted by molar-refractivity contribution is -0.142. The van der Waals surface area contributed by atoms with Crippen LogP contribution in [0.25, 0.3) is 0 Å². The molecular weight excluding hydrogens is 268 g/mol. The lowest BCUT2D eigenvalue weighted by Crippen LogP contribution is -2.46. The van der Waals surface area contributed by atoms with Gasteiger partial charge in [0.15, 0.2) is 0 Å². The minimum absolute atomic E-state index is 0.0338. The van der Waals surface area contributed by atoms with E-state index in [4.69, 9.17) is 5.11 Å². The minimum atomic E-state index is -0.700. The predicted octanol–water partition coefficient (Wildman–Crippen LogP) is 2.85. The van der Waals surface area contributed by atoms with E-state index in [1.807, 2.05) is 4.90 Å². The van der Waals surface area contributed by atoms with E-state index < -0.39 is 5.97 Å². The number of carbonyl (C=O) groups is 2. The highest BCUT2D eigenvalue weighted by atomic mass is 16.4. The van der Waals surface area contributed by atoms with Gasteiger partial charge < -0.3 is 15.3 Å². The predicted molar refractivity (Wildman–Crippen MR) is 81.1 cm³/mol. The lowest BCUT2D eigenvalue weighted by Gasteiger charge is -2.30. The summed E-state index contributed by atoms with van der Waals surface area (Å²) in [5.41, 5.74) is 0.328. The maximum absolute atomic E-state index is 12.3. The molecule has 0 radical (unpaired) electrons. The molecule has 5 nitrogen and oxygen atoms in total. The Morgan fingerprint density at radius 2 is 1.76 bits per heavy atom. The Morgan fingerprint density at radius 3 is 2.38 bits per heavy atom. The summed E-state index contributed by atoms with van der Waals surface area (Å²) in [6.07, 6.45) is 6.18. The van der Waals surface area contributed by atoms with Crippen molar-refractivity contribution < 1.29 is 14.7 Å². The van der Waals surface area contributed by atoms with Crippen LogP contribution in [0, 0.1) is 11.3 Å². The van der Waals surface area contributed by atoms with Crippen molar-refractivity contribution in [1.82, 2.24) is 10.2 Å². The van der Waals surface area contributed by atoms with Gasteiger partial charge in [-0.15, -0.1) is 0 Å². The summed E-state index contributed by atoms with van der Waals surface area (Å²) in [6.45, 7) is 6.19. The minimum Gasteiger partial charge on any atom is -0.481 e. The van der Waals surface area contributed by atoms with Crippen molar-refractivity contribution in [2.45, 2.75) is 64.8 Å². The first-order chi connectivity index (χ1) is 9.87. The second-order valence-electron chi connectivity index (χ2n) is 7.34. The van der Waals surface area contributed by atoms with Crippen molar-refractivity contribution in [2.75, 3.05) is 13.1 Å². The number of amides is 2. The number of carboxylic acids is 1. The van der Waals surface area contributed by atoms with Gasteiger partial charge in [-0.1, -0.05) is 13.8 Å². The molecule has 1 heterocycles. The normalized spacial score (nSPS) is 29.5. The number of hydrogen-bond donors (Lipinski definition) is 2. The molecule has 1 aliphatic carbocycles. The fraction of sp³-hybridized carbons (Fsp3) is 0.875. The maximum atomic E-state index is 12.3. The molecule has 0 aromatic rings. The number of urea groups is 1. The molecule has 2 rings (SSSR count). The molecule has 2 amide bonds. The van der Waals surface area contributed by atoms with E-state index in [2.05, 4.69) is 19.2 Å². The quantitative estimate of drug-likeness (QED) is 0.823. The standard InChI is InChI=1S/C16H28N2O3/c1-16(2)8-3-10-18(11-9-16)15(21)17-13-6-4-12(5-7-13)14(19)20/h12-13H,3-11H2,1-2H3,(H,17,21)(H,19,20). The third-order valence-corrected chi connectivity index (χ3v) is 5.03. The third-order valence-electron chi connectivity index (χ3n) is 5.03. The Hall–Kier alpha value is -1.26. The van der Waals surface area contributed by atoms with Crippen LogP contribution in [0.15, 0.2) is 0 Å². The van der Waals surface area contributed by atoms with Gasteiger partial charge in [0, 0.05) is 19.1 Å². The van der Waals surface area contributed by atoms with E-state index >= 15 is 0 Å². The van der Waals surface area contributed by atoms with Crippen LogP contribution in [0.2, 0.25) is 0 Å². The van der Waals surface area contributed by atoms with Gasteiger partial charge in [-0.3, -0.25) is 4.79 Å². The number of aliphatic carboxylic acids is 1. The van der Waals surface area contributed by atoms with E-state index in [0.29, 0.717) is 18.3 Å². The van der Waals surface area contributed by atoms with Crippen molar-refractivity contribution in [3.63, 3.8) is 0 Å². The van der Waals surface area contributed by atoms with E-state index in [-0.39, 0.29) is 18.0 Å². The average molecular weight is 296 g/mol. The van der Waals surface area contributed by atoms with Gasteiger partial charge in [0.25, 0.3) is 0 Å². The van der Waals surface area contributed by atoms with Crippen LogP contribution >= 0.6 is 0 Å². The summed E-state index contributed by atoms with van der Waals surface area (Å²) in [4.78, 5) is 25.2. The highest BCUT2D eigenvalue weighted by Gasteiger charge is 2.29. The molecule has 0 aromatic heterocycles. The lowest BCUT2D eigenvalue weighted by atomic mass is 9.85. The summed E-state index contributed by atoms with van der Waals surface area (Å²) in [5.74, 6) is -0.924. The summed E-state index contributed by atoms with van der Waals surface area (Å²) in [6, 6.07) is 0.177. The van der Waals surface area contributed by atoms with Gasteiger partial charge in [0.1, 0.15) is 0 Å². The van der Waals surface area contributed by atoms with Crippen LogP contribution in [0.1, 0.15) is 58.8 Å². The first-order valence-corrected chi connectivity index (χ1v) is 8.16. The highest BCUT2D eigenvalue weighted by Crippen LogP contribution is 2.30. The van der Waals surface area contributed by atoms with Crippen molar-refractivity contribution in [3.8, 4) is 0 Å². The SMILES string of the molecule is CC1(C)CCCN(C(=O)NC2CCC(C(=O)O)CC2)CC1. The first-order valence-electron chi connectivity index (χ1n) is 8.16. The molecule has 0 bridgehead atoms. The fourth-order valence-corrected chi connectivity index (χ4v) is 3.38. The summed E-state index contributed by atoms with van der Waals surface area (Å²) in [7, 11) is 0. The molecule has 2 aliphatic rings. The fourth-order valence-electron chi connectivity index (χ4n) is 3.38. The van der Waals surface area contributed by atoms with Crippen LogP contribution in [-0.2, 0) is 4.79 Å². The zero-order valence-electron chi connectivity index (χ0n) is 13.2. The molecule has 0 unspecified atom stereocenters. The topological polar surface area (TPSA) is 69.6 Å².